The molecule has 0 amide bonds. The summed E-state index contributed by atoms with van der Waals surface area (Å²) in [6.07, 6.45) is 1.26. The Labute approximate surface area is 94.0 Å². The van der Waals surface area contributed by atoms with Crippen LogP contribution in [0.4, 0.5) is 0 Å². The molecule has 1 aromatic carbocycles. The van der Waals surface area contributed by atoms with Crippen LogP contribution in [0.25, 0.3) is 5.57 Å². The quantitative estimate of drug-likeness (QED) is 0.612. The number of allylic oxidation sites excluding steroid dienone is 1. The third kappa shape index (κ3) is 2.60. The van der Waals surface area contributed by atoms with E-state index in [2.05, 4.69) is 56.0 Å². The van der Waals surface area contributed by atoms with Crippen molar-refractivity contribution in [1.29, 1.82) is 0 Å². The van der Waals surface area contributed by atoms with Crippen LogP contribution >= 0.6 is 0 Å². The van der Waals surface area contributed by atoms with Crippen LogP contribution in [0.5, 0.6) is 0 Å². The normalized spacial score (nSPS) is 24.7. The molecule has 0 bridgehead atoms. The van der Waals surface area contributed by atoms with Gasteiger partial charge in [-0.25, -0.2) is 0 Å². The molecular weight excluding hydrogens is 196 g/mol. The van der Waals surface area contributed by atoms with Crippen LogP contribution in [0, 0.1) is 5.92 Å². The van der Waals surface area contributed by atoms with E-state index in [9.17, 15) is 0 Å². The lowest BCUT2D eigenvalue weighted by Gasteiger charge is -2.30. The van der Waals surface area contributed by atoms with Crippen molar-refractivity contribution in [1.82, 2.24) is 0 Å². The molecule has 0 nitrogen and oxygen atoms in total. The SMILES string of the molecule is CC1CC(c2ccccc2)=C[Si](C)(C)C1. The Morgan fingerprint density at radius 3 is 2.40 bits per heavy atom. The maximum atomic E-state index is 2.60. The van der Waals surface area contributed by atoms with Crippen molar-refractivity contribution in [3.8, 4) is 0 Å². The molecule has 0 saturated heterocycles. The molecule has 1 heterocycles. The van der Waals surface area contributed by atoms with Crippen LogP contribution < -0.4 is 0 Å². The molecule has 80 valence electrons. The average molecular weight is 216 g/mol. The highest BCUT2D eigenvalue weighted by atomic mass is 28.3. The predicted molar refractivity (Wildman–Crippen MR) is 70.5 cm³/mol. The lowest BCUT2D eigenvalue weighted by Crippen LogP contribution is -2.29. The summed E-state index contributed by atoms with van der Waals surface area (Å²) >= 11 is 0. The largest absolute Gasteiger partial charge is 0.0910 e. The highest BCUT2D eigenvalue weighted by molar-refractivity contribution is 6.83. The van der Waals surface area contributed by atoms with Crippen molar-refractivity contribution < 1.29 is 0 Å². The van der Waals surface area contributed by atoms with Crippen LogP contribution in [-0.4, -0.2) is 8.07 Å². The van der Waals surface area contributed by atoms with E-state index in [-0.39, 0.29) is 0 Å². The zero-order chi connectivity index (χ0) is 10.9. The molecule has 1 aromatic rings. The summed E-state index contributed by atoms with van der Waals surface area (Å²) in [7, 11) is -1.06. The van der Waals surface area contributed by atoms with Crippen molar-refractivity contribution in [3.63, 3.8) is 0 Å². The van der Waals surface area contributed by atoms with Crippen LogP contribution in [0.15, 0.2) is 36.0 Å². The molecule has 0 saturated carbocycles. The van der Waals surface area contributed by atoms with Gasteiger partial charge in [0, 0.05) is 0 Å². The maximum absolute atomic E-state index is 2.60. The molecule has 1 atom stereocenters. The van der Waals surface area contributed by atoms with Crippen molar-refractivity contribution in [2.75, 3.05) is 0 Å². The van der Waals surface area contributed by atoms with Crippen LogP contribution in [0.1, 0.15) is 18.9 Å². The molecule has 0 spiro atoms. The van der Waals surface area contributed by atoms with Gasteiger partial charge < -0.3 is 0 Å². The Bertz CT molecular complexity index is 362. The van der Waals surface area contributed by atoms with Gasteiger partial charge in [0.25, 0.3) is 0 Å². The van der Waals surface area contributed by atoms with Crippen molar-refractivity contribution in [2.45, 2.75) is 32.5 Å². The van der Waals surface area contributed by atoms with Crippen LogP contribution in [-0.2, 0) is 0 Å². The third-order valence-electron chi connectivity index (χ3n) is 3.15. The number of hydrogen-bond acceptors (Lipinski definition) is 0. The molecule has 0 aromatic heterocycles. The zero-order valence-corrected chi connectivity index (χ0v) is 11.0. The second-order valence-corrected chi connectivity index (χ2v) is 10.2. The summed E-state index contributed by atoms with van der Waals surface area (Å²) in [5, 5.41) is 0. The lowest BCUT2D eigenvalue weighted by atomic mass is 9.97. The van der Waals surface area contributed by atoms with E-state index in [1.54, 1.807) is 5.57 Å². The summed E-state index contributed by atoms with van der Waals surface area (Å²) in [4.78, 5) is 0. The van der Waals surface area contributed by atoms with Crippen molar-refractivity contribution in [3.05, 3.63) is 41.6 Å². The highest BCUT2D eigenvalue weighted by Crippen LogP contribution is 2.35. The van der Waals surface area contributed by atoms with Crippen LogP contribution in [0.2, 0.25) is 19.1 Å². The van der Waals surface area contributed by atoms with Gasteiger partial charge in [-0.15, -0.1) is 0 Å². The first-order valence-corrected chi connectivity index (χ1v) is 9.12. The second-order valence-electron chi connectivity index (χ2n) is 5.54. The Morgan fingerprint density at radius 1 is 1.13 bits per heavy atom. The van der Waals surface area contributed by atoms with Gasteiger partial charge in [0.15, 0.2) is 0 Å². The standard InChI is InChI=1S/C14H20Si/c1-12-9-14(11-15(2,3)10-12)13-7-5-4-6-8-13/h4-8,11-12H,9-10H2,1-3H3. The summed E-state index contributed by atoms with van der Waals surface area (Å²) in [5.74, 6) is 0.867. The number of benzene rings is 1. The van der Waals surface area contributed by atoms with Crippen molar-refractivity contribution >= 4 is 13.6 Å². The minimum Gasteiger partial charge on any atom is -0.0910 e. The topological polar surface area (TPSA) is 0 Å². The summed E-state index contributed by atoms with van der Waals surface area (Å²) in [6.45, 7) is 7.35. The van der Waals surface area contributed by atoms with Gasteiger partial charge in [-0.3, -0.25) is 0 Å². The molecule has 0 fully saturated rings. The number of hydrogen-bond donors (Lipinski definition) is 0. The lowest BCUT2D eigenvalue weighted by molar-refractivity contribution is 0.655. The first kappa shape index (κ1) is 10.7. The van der Waals surface area contributed by atoms with E-state index in [0.29, 0.717) is 0 Å². The molecular formula is C14H20Si. The molecule has 1 unspecified atom stereocenters. The van der Waals surface area contributed by atoms with Gasteiger partial charge in [0.05, 0.1) is 8.07 Å². The Balaban J connectivity index is 2.34. The average Bonchev–Trinajstić information content (AvgIpc) is 2.16. The maximum Gasteiger partial charge on any atom is 0.0724 e. The van der Waals surface area contributed by atoms with Gasteiger partial charge in [0.2, 0.25) is 0 Å². The second kappa shape index (κ2) is 3.97. The zero-order valence-electron chi connectivity index (χ0n) is 9.96. The Morgan fingerprint density at radius 2 is 1.80 bits per heavy atom. The van der Waals surface area contributed by atoms with Gasteiger partial charge in [-0.05, 0) is 23.5 Å². The minimum atomic E-state index is -1.06. The molecule has 2 rings (SSSR count). The Hall–Kier alpha value is -0.823. The van der Waals surface area contributed by atoms with E-state index in [1.807, 2.05) is 0 Å². The van der Waals surface area contributed by atoms with Gasteiger partial charge in [-0.2, -0.15) is 0 Å². The highest BCUT2D eigenvalue weighted by Gasteiger charge is 2.27. The molecule has 0 radical (unpaired) electrons. The van der Waals surface area contributed by atoms with E-state index < -0.39 is 8.07 Å². The number of rotatable bonds is 1. The van der Waals surface area contributed by atoms with E-state index >= 15 is 0 Å². The molecule has 0 aliphatic carbocycles. The van der Waals surface area contributed by atoms with E-state index in [1.165, 1.54) is 18.0 Å². The predicted octanol–water partition coefficient (Wildman–Crippen LogP) is 4.36. The molecule has 15 heavy (non-hydrogen) atoms. The Kier molecular flexibility index (Phi) is 2.83. The van der Waals surface area contributed by atoms with Gasteiger partial charge in [0.1, 0.15) is 0 Å². The minimum absolute atomic E-state index is 0.867. The van der Waals surface area contributed by atoms with E-state index in [0.717, 1.165) is 5.92 Å². The monoisotopic (exact) mass is 216 g/mol. The molecule has 1 heteroatoms. The fourth-order valence-corrected chi connectivity index (χ4v) is 6.07. The molecule has 1 aliphatic rings. The summed E-state index contributed by atoms with van der Waals surface area (Å²) in [5.41, 5.74) is 5.62. The van der Waals surface area contributed by atoms with Crippen LogP contribution in [0.3, 0.4) is 0 Å². The first-order chi connectivity index (χ1) is 7.07. The van der Waals surface area contributed by atoms with Crippen molar-refractivity contribution in [2.24, 2.45) is 5.92 Å². The molecule has 1 aliphatic heterocycles. The van der Waals surface area contributed by atoms with E-state index in [4.69, 9.17) is 0 Å². The van der Waals surface area contributed by atoms with Gasteiger partial charge >= 0.3 is 0 Å². The fourth-order valence-electron chi connectivity index (χ4n) is 2.79. The van der Waals surface area contributed by atoms with Gasteiger partial charge in [-0.1, -0.05) is 62.1 Å². The molecule has 0 N–H and O–H groups in total. The summed E-state index contributed by atoms with van der Waals surface area (Å²) in [6, 6.07) is 12.3. The smallest absolute Gasteiger partial charge is 0.0724 e. The first-order valence-electron chi connectivity index (χ1n) is 5.84. The third-order valence-corrected chi connectivity index (χ3v) is 6.03. The fraction of sp³-hybridized carbons (Fsp3) is 0.429. The summed E-state index contributed by atoms with van der Waals surface area (Å²) < 4.78 is 0.